The number of aromatic nitrogens is 7. The Morgan fingerprint density at radius 2 is 2.25 bits per heavy atom. The standard InChI is InChI=1S/C14H22N8O2/c1-3-21-13(16-17-14(21)24)11-5-4-7-20(9-11)12(23)6-8-22-10(2)15-18-19-22/h11H,3-9H2,1-2H3,(H,17,24)/t11-/m1/s1. The van der Waals surface area contributed by atoms with Crippen LogP contribution in [0.15, 0.2) is 4.79 Å². The zero-order valence-corrected chi connectivity index (χ0v) is 14.0. The van der Waals surface area contributed by atoms with Crippen LogP contribution in [0, 0.1) is 6.92 Å². The second-order valence-electron chi connectivity index (χ2n) is 6.01. The Labute approximate surface area is 138 Å². The third kappa shape index (κ3) is 3.22. The molecule has 0 saturated carbocycles. The number of carbonyl (C=O) groups excluding carboxylic acids is 1. The Kier molecular flexibility index (Phi) is 4.72. The van der Waals surface area contributed by atoms with Crippen molar-refractivity contribution >= 4 is 5.91 Å². The maximum Gasteiger partial charge on any atom is 0.343 e. The fourth-order valence-corrected chi connectivity index (χ4v) is 3.18. The predicted octanol–water partition coefficient (Wildman–Crippen LogP) is -0.317. The summed E-state index contributed by atoms with van der Waals surface area (Å²) < 4.78 is 3.27. The van der Waals surface area contributed by atoms with E-state index in [0.717, 1.165) is 25.2 Å². The summed E-state index contributed by atoms with van der Waals surface area (Å²) in [6.45, 7) is 6.11. The molecule has 2 aromatic heterocycles. The number of tetrazole rings is 1. The lowest BCUT2D eigenvalue weighted by molar-refractivity contribution is -0.132. The molecule has 1 saturated heterocycles. The maximum atomic E-state index is 12.5. The van der Waals surface area contributed by atoms with E-state index in [9.17, 15) is 9.59 Å². The van der Waals surface area contributed by atoms with Crippen molar-refractivity contribution in [2.75, 3.05) is 13.1 Å². The number of piperidine rings is 1. The minimum Gasteiger partial charge on any atom is -0.342 e. The third-order valence-electron chi connectivity index (χ3n) is 4.49. The number of aromatic amines is 1. The second kappa shape index (κ2) is 6.93. The number of aryl methyl sites for hydroxylation is 2. The van der Waals surface area contributed by atoms with Crippen LogP contribution in [0.3, 0.4) is 0 Å². The predicted molar refractivity (Wildman–Crippen MR) is 84.2 cm³/mol. The van der Waals surface area contributed by atoms with E-state index in [-0.39, 0.29) is 17.5 Å². The minimum atomic E-state index is -0.190. The van der Waals surface area contributed by atoms with E-state index in [1.54, 1.807) is 9.25 Å². The summed E-state index contributed by atoms with van der Waals surface area (Å²) in [4.78, 5) is 26.1. The smallest absolute Gasteiger partial charge is 0.342 e. The fraction of sp³-hybridized carbons (Fsp3) is 0.714. The number of hydrogen-bond acceptors (Lipinski definition) is 6. The molecule has 1 fully saturated rings. The van der Waals surface area contributed by atoms with Gasteiger partial charge in [-0.05, 0) is 37.1 Å². The summed E-state index contributed by atoms with van der Waals surface area (Å²) in [6.07, 6.45) is 2.20. The van der Waals surface area contributed by atoms with Gasteiger partial charge < -0.3 is 4.90 Å². The Morgan fingerprint density at radius 3 is 2.96 bits per heavy atom. The molecular formula is C14H22N8O2. The van der Waals surface area contributed by atoms with Crippen LogP contribution < -0.4 is 5.69 Å². The molecule has 10 heteroatoms. The van der Waals surface area contributed by atoms with E-state index in [2.05, 4.69) is 25.7 Å². The fourth-order valence-electron chi connectivity index (χ4n) is 3.18. The molecule has 1 aliphatic rings. The van der Waals surface area contributed by atoms with Crippen molar-refractivity contribution in [1.82, 2.24) is 39.9 Å². The molecule has 24 heavy (non-hydrogen) atoms. The first-order valence-corrected chi connectivity index (χ1v) is 8.25. The number of nitrogens with one attached hydrogen (secondary N) is 1. The Balaban J connectivity index is 1.63. The van der Waals surface area contributed by atoms with Crippen molar-refractivity contribution in [3.05, 3.63) is 22.1 Å². The van der Waals surface area contributed by atoms with Gasteiger partial charge in [0.25, 0.3) is 0 Å². The summed E-state index contributed by atoms with van der Waals surface area (Å²) in [5, 5.41) is 17.9. The molecule has 1 atom stereocenters. The molecule has 0 spiro atoms. The number of H-pyrrole nitrogens is 1. The van der Waals surface area contributed by atoms with Gasteiger partial charge in [-0.25, -0.2) is 14.6 Å². The topological polar surface area (TPSA) is 115 Å². The first kappa shape index (κ1) is 16.3. The van der Waals surface area contributed by atoms with Crippen molar-refractivity contribution in [2.24, 2.45) is 0 Å². The molecule has 0 aromatic carbocycles. The highest BCUT2D eigenvalue weighted by Crippen LogP contribution is 2.25. The number of rotatable bonds is 5. The summed E-state index contributed by atoms with van der Waals surface area (Å²) in [7, 11) is 0. The van der Waals surface area contributed by atoms with E-state index in [1.807, 2.05) is 18.7 Å². The van der Waals surface area contributed by atoms with Gasteiger partial charge in [0.15, 0.2) is 0 Å². The number of amides is 1. The largest absolute Gasteiger partial charge is 0.343 e. The lowest BCUT2D eigenvalue weighted by Crippen LogP contribution is -2.40. The SMILES string of the molecule is CCn1c([C@@H]2CCCN(C(=O)CCn3nnnc3C)C2)n[nH]c1=O. The molecule has 1 N–H and O–H groups in total. The Morgan fingerprint density at radius 1 is 1.42 bits per heavy atom. The van der Waals surface area contributed by atoms with Crippen molar-refractivity contribution in [2.45, 2.75) is 52.1 Å². The van der Waals surface area contributed by atoms with Crippen LogP contribution in [0.5, 0.6) is 0 Å². The molecule has 0 bridgehead atoms. The van der Waals surface area contributed by atoms with E-state index in [1.165, 1.54) is 0 Å². The van der Waals surface area contributed by atoms with Gasteiger partial charge in [0.05, 0.1) is 6.54 Å². The average Bonchev–Trinajstić information content (AvgIpc) is 3.18. The maximum absolute atomic E-state index is 12.5. The van der Waals surface area contributed by atoms with Crippen LogP contribution >= 0.6 is 0 Å². The van der Waals surface area contributed by atoms with Crippen molar-refractivity contribution < 1.29 is 4.79 Å². The van der Waals surface area contributed by atoms with Gasteiger partial charge >= 0.3 is 5.69 Å². The van der Waals surface area contributed by atoms with Gasteiger partial charge in [0, 0.05) is 32.0 Å². The molecule has 0 radical (unpaired) electrons. The van der Waals surface area contributed by atoms with Gasteiger partial charge in [0.2, 0.25) is 5.91 Å². The lowest BCUT2D eigenvalue weighted by Gasteiger charge is -2.32. The van der Waals surface area contributed by atoms with Gasteiger partial charge in [-0.15, -0.1) is 5.10 Å². The van der Waals surface area contributed by atoms with Gasteiger partial charge in [-0.1, -0.05) is 0 Å². The first-order chi connectivity index (χ1) is 11.6. The Bertz CT molecular complexity index is 761. The summed E-state index contributed by atoms with van der Waals surface area (Å²) >= 11 is 0. The number of carbonyl (C=O) groups is 1. The molecular weight excluding hydrogens is 312 g/mol. The molecule has 130 valence electrons. The van der Waals surface area contributed by atoms with Crippen LogP contribution in [0.1, 0.15) is 43.8 Å². The van der Waals surface area contributed by atoms with Crippen molar-refractivity contribution in [3.63, 3.8) is 0 Å². The van der Waals surface area contributed by atoms with E-state index < -0.39 is 0 Å². The molecule has 2 aromatic rings. The molecule has 3 heterocycles. The average molecular weight is 334 g/mol. The highest BCUT2D eigenvalue weighted by atomic mass is 16.2. The number of likely N-dealkylation sites (tertiary alicyclic amines) is 1. The van der Waals surface area contributed by atoms with Crippen LogP contribution in [0.4, 0.5) is 0 Å². The van der Waals surface area contributed by atoms with Gasteiger partial charge in [-0.3, -0.25) is 9.36 Å². The number of hydrogen-bond donors (Lipinski definition) is 1. The van der Waals surface area contributed by atoms with E-state index in [4.69, 9.17) is 0 Å². The minimum absolute atomic E-state index is 0.0792. The van der Waals surface area contributed by atoms with Crippen molar-refractivity contribution in [1.29, 1.82) is 0 Å². The summed E-state index contributed by atoms with van der Waals surface area (Å²) in [6, 6.07) is 0. The highest BCUT2D eigenvalue weighted by Gasteiger charge is 2.28. The molecule has 10 nitrogen and oxygen atoms in total. The highest BCUT2D eigenvalue weighted by molar-refractivity contribution is 5.76. The first-order valence-electron chi connectivity index (χ1n) is 8.25. The molecule has 0 unspecified atom stereocenters. The summed E-state index contributed by atoms with van der Waals surface area (Å²) in [5.41, 5.74) is -0.190. The third-order valence-corrected chi connectivity index (χ3v) is 4.49. The zero-order chi connectivity index (χ0) is 17.1. The van der Waals surface area contributed by atoms with E-state index in [0.29, 0.717) is 31.9 Å². The van der Waals surface area contributed by atoms with Crippen LogP contribution in [0.25, 0.3) is 0 Å². The molecule has 1 amide bonds. The quantitative estimate of drug-likeness (QED) is 0.801. The zero-order valence-electron chi connectivity index (χ0n) is 14.0. The van der Waals surface area contributed by atoms with Gasteiger partial charge in [-0.2, -0.15) is 5.10 Å². The molecule has 0 aliphatic carbocycles. The summed E-state index contributed by atoms with van der Waals surface area (Å²) in [5.74, 6) is 1.62. The van der Waals surface area contributed by atoms with Gasteiger partial charge in [0.1, 0.15) is 11.6 Å². The van der Waals surface area contributed by atoms with E-state index >= 15 is 0 Å². The molecule has 3 rings (SSSR count). The molecule has 1 aliphatic heterocycles. The van der Waals surface area contributed by atoms with Crippen LogP contribution in [-0.2, 0) is 17.9 Å². The van der Waals surface area contributed by atoms with Crippen LogP contribution in [-0.4, -0.2) is 58.9 Å². The lowest BCUT2D eigenvalue weighted by atomic mass is 9.97. The Hall–Kier alpha value is -2.52. The monoisotopic (exact) mass is 334 g/mol. The second-order valence-corrected chi connectivity index (χ2v) is 6.01. The number of nitrogens with zero attached hydrogens (tertiary/aromatic N) is 7. The normalized spacial score (nSPS) is 18.1. The van der Waals surface area contributed by atoms with Crippen molar-refractivity contribution in [3.8, 4) is 0 Å². The van der Waals surface area contributed by atoms with Crippen LogP contribution in [0.2, 0.25) is 0 Å².